The smallest absolute Gasteiger partial charge is 0.324 e. The van der Waals surface area contributed by atoms with Gasteiger partial charge in [-0.1, -0.05) is 47.5 Å². The first-order valence-electron chi connectivity index (χ1n) is 10.9. The molecule has 2 fully saturated rings. The van der Waals surface area contributed by atoms with Crippen LogP contribution in [0.2, 0.25) is 10.0 Å². The normalized spacial score (nSPS) is 19.1. The summed E-state index contributed by atoms with van der Waals surface area (Å²) >= 11 is 12.2. The number of carbonyl (C=O) groups is 1. The van der Waals surface area contributed by atoms with Gasteiger partial charge in [0, 0.05) is 19.1 Å². The fourth-order valence-corrected chi connectivity index (χ4v) is 5.94. The minimum absolute atomic E-state index is 0.0908. The van der Waals surface area contributed by atoms with Gasteiger partial charge >= 0.3 is 6.03 Å². The van der Waals surface area contributed by atoms with Crippen molar-refractivity contribution in [2.24, 2.45) is 0 Å². The summed E-state index contributed by atoms with van der Waals surface area (Å²) in [4.78, 5) is 16.7. The van der Waals surface area contributed by atoms with Crippen molar-refractivity contribution in [1.29, 1.82) is 0 Å². The van der Waals surface area contributed by atoms with E-state index in [2.05, 4.69) is 15.7 Å². The zero-order chi connectivity index (χ0) is 22.7. The maximum Gasteiger partial charge on any atom is 0.331 e. The Kier molecular flexibility index (Phi) is 7.30. The Morgan fingerprint density at radius 1 is 0.875 bits per heavy atom. The van der Waals surface area contributed by atoms with Crippen molar-refractivity contribution >= 4 is 39.3 Å². The van der Waals surface area contributed by atoms with Crippen LogP contribution in [-0.4, -0.2) is 56.5 Å². The number of benzene rings is 2. The van der Waals surface area contributed by atoms with Crippen LogP contribution in [0, 0.1) is 0 Å². The van der Waals surface area contributed by atoms with Crippen LogP contribution in [-0.2, 0) is 10.0 Å². The van der Waals surface area contributed by atoms with Crippen molar-refractivity contribution in [3.63, 3.8) is 0 Å². The second kappa shape index (κ2) is 10.00. The Morgan fingerprint density at radius 2 is 1.53 bits per heavy atom. The molecule has 0 aromatic heterocycles. The highest BCUT2D eigenvalue weighted by Crippen LogP contribution is 2.33. The van der Waals surface area contributed by atoms with Gasteiger partial charge in [-0.25, -0.2) is 17.9 Å². The molecule has 0 radical (unpaired) electrons. The lowest BCUT2D eigenvalue weighted by molar-refractivity contribution is 0.0970. The number of piperidine rings is 2. The van der Waals surface area contributed by atoms with Gasteiger partial charge in [0.1, 0.15) is 0 Å². The number of likely N-dealkylation sites (tertiary alicyclic amines) is 2. The van der Waals surface area contributed by atoms with Gasteiger partial charge in [-0.2, -0.15) is 0 Å². The summed E-state index contributed by atoms with van der Waals surface area (Å²) in [5.74, 6) is 0.482. The summed E-state index contributed by atoms with van der Waals surface area (Å²) in [6, 6.07) is 13.7. The van der Waals surface area contributed by atoms with Crippen LogP contribution in [0.25, 0.3) is 0 Å². The third-order valence-electron chi connectivity index (χ3n) is 6.49. The monoisotopic (exact) mass is 495 g/mol. The molecule has 2 heterocycles. The molecule has 6 nitrogen and oxygen atoms in total. The highest BCUT2D eigenvalue weighted by Gasteiger charge is 2.31. The molecule has 2 aromatic rings. The first-order valence-corrected chi connectivity index (χ1v) is 13.1. The lowest BCUT2D eigenvalue weighted by atomic mass is 9.88. The quantitative estimate of drug-likeness (QED) is 0.664. The second-order valence-corrected chi connectivity index (χ2v) is 10.9. The molecule has 2 aliphatic heterocycles. The van der Waals surface area contributed by atoms with Crippen molar-refractivity contribution in [2.75, 3.05) is 26.2 Å². The van der Waals surface area contributed by atoms with Crippen molar-refractivity contribution in [3.8, 4) is 0 Å². The van der Waals surface area contributed by atoms with E-state index in [1.807, 2.05) is 12.1 Å². The molecule has 9 heteroatoms. The van der Waals surface area contributed by atoms with Crippen molar-refractivity contribution in [2.45, 2.75) is 42.5 Å². The molecule has 0 bridgehead atoms. The Morgan fingerprint density at radius 3 is 2.16 bits per heavy atom. The molecule has 0 unspecified atom stereocenters. The summed E-state index contributed by atoms with van der Waals surface area (Å²) in [5.41, 5.74) is 1.24. The summed E-state index contributed by atoms with van der Waals surface area (Å²) in [6.07, 6.45) is 3.81. The van der Waals surface area contributed by atoms with Crippen LogP contribution >= 0.6 is 23.2 Å². The van der Waals surface area contributed by atoms with Gasteiger partial charge in [0.25, 0.3) is 10.0 Å². The third-order valence-corrected chi connectivity index (χ3v) is 8.56. The molecular weight excluding hydrogens is 469 g/mol. The van der Waals surface area contributed by atoms with Crippen LogP contribution in [0.1, 0.15) is 37.2 Å². The Hall–Kier alpha value is -1.80. The minimum Gasteiger partial charge on any atom is -0.324 e. The first-order chi connectivity index (χ1) is 15.3. The molecule has 4 rings (SSSR count). The SMILES string of the molecule is O=C(NS(=O)(=O)c1ccccc1)N1CCC(N2CCC(c3ccc(Cl)c(Cl)c3)CC2)CC1. The molecule has 0 saturated carbocycles. The number of hydrogen-bond acceptors (Lipinski definition) is 4. The molecule has 2 amide bonds. The van der Waals surface area contributed by atoms with Gasteiger partial charge in [0.2, 0.25) is 0 Å². The largest absolute Gasteiger partial charge is 0.331 e. The van der Waals surface area contributed by atoms with E-state index < -0.39 is 16.1 Å². The predicted molar refractivity (Wildman–Crippen MR) is 127 cm³/mol. The summed E-state index contributed by atoms with van der Waals surface area (Å²) in [6.45, 7) is 3.11. The summed E-state index contributed by atoms with van der Waals surface area (Å²) in [5, 5.41) is 1.19. The van der Waals surface area contributed by atoms with E-state index in [9.17, 15) is 13.2 Å². The fraction of sp³-hybridized carbons (Fsp3) is 0.435. The highest BCUT2D eigenvalue weighted by atomic mass is 35.5. The Balaban J connectivity index is 1.26. The van der Waals surface area contributed by atoms with E-state index in [1.54, 1.807) is 23.1 Å². The van der Waals surface area contributed by atoms with Gasteiger partial charge < -0.3 is 9.80 Å². The zero-order valence-electron chi connectivity index (χ0n) is 17.7. The van der Waals surface area contributed by atoms with Crippen LogP contribution in [0.15, 0.2) is 53.4 Å². The highest BCUT2D eigenvalue weighted by molar-refractivity contribution is 7.90. The van der Waals surface area contributed by atoms with Crippen LogP contribution in [0.3, 0.4) is 0 Å². The van der Waals surface area contributed by atoms with E-state index in [4.69, 9.17) is 23.2 Å². The fourth-order valence-electron chi connectivity index (χ4n) is 4.64. The number of nitrogens with zero attached hydrogens (tertiary/aromatic N) is 2. The van der Waals surface area contributed by atoms with Gasteiger partial charge in [-0.15, -0.1) is 0 Å². The molecule has 32 heavy (non-hydrogen) atoms. The molecular formula is C23H27Cl2N3O3S. The lowest BCUT2D eigenvalue weighted by Crippen LogP contribution is -2.51. The molecule has 2 aliphatic rings. The first kappa shape index (κ1) is 23.4. The molecule has 0 aliphatic carbocycles. The average Bonchev–Trinajstić information content (AvgIpc) is 2.81. The van der Waals surface area contributed by atoms with Crippen molar-refractivity contribution in [3.05, 3.63) is 64.1 Å². The number of urea groups is 1. The average molecular weight is 496 g/mol. The standard InChI is InChI=1S/C23H27Cl2N3O3S/c24-21-7-6-18(16-22(21)25)17-8-12-27(13-9-17)19-10-14-28(15-11-19)23(29)26-32(30,31)20-4-2-1-3-5-20/h1-7,16-17,19H,8-15H2,(H,26,29). The number of carbonyl (C=O) groups excluding carboxylic acids is 1. The third kappa shape index (κ3) is 5.39. The predicted octanol–water partition coefficient (Wildman–Crippen LogP) is 4.74. The van der Waals surface area contributed by atoms with Crippen LogP contribution in [0.5, 0.6) is 0 Å². The van der Waals surface area contributed by atoms with Crippen molar-refractivity contribution < 1.29 is 13.2 Å². The Bertz CT molecular complexity index is 1050. The summed E-state index contributed by atoms with van der Waals surface area (Å²) < 4.78 is 27.0. The van der Waals surface area contributed by atoms with E-state index in [0.29, 0.717) is 35.1 Å². The topological polar surface area (TPSA) is 69.7 Å². The zero-order valence-corrected chi connectivity index (χ0v) is 20.0. The number of rotatable bonds is 4. The van der Waals surface area contributed by atoms with E-state index in [0.717, 1.165) is 38.8 Å². The minimum atomic E-state index is -3.85. The molecule has 172 valence electrons. The number of sulfonamides is 1. The molecule has 0 spiro atoms. The molecule has 0 atom stereocenters. The maximum absolute atomic E-state index is 12.5. The van der Waals surface area contributed by atoms with Gasteiger partial charge in [-0.3, -0.25) is 0 Å². The maximum atomic E-state index is 12.5. The number of amides is 2. The molecule has 1 N–H and O–H groups in total. The number of hydrogen-bond donors (Lipinski definition) is 1. The summed E-state index contributed by atoms with van der Waals surface area (Å²) in [7, 11) is -3.85. The van der Waals surface area contributed by atoms with E-state index in [1.165, 1.54) is 17.7 Å². The number of halogens is 2. The Labute approximate surface area is 199 Å². The van der Waals surface area contributed by atoms with Gasteiger partial charge in [0.05, 0.1) is 14.9 Å². The van der Waals surface area contributed by atoms with Crippen molar-refractivity contribution in [1.82, 2.24) is 14.5 Å². The van der Waals surface area contributed by atoms with Crippen LogP contribution in [0.4, 0.5) is 4.79 Å². The van der Waals surface area contributed by atoms with Crippen LogP contribution < -0.4 is 4.72 Å². The molecule has 2 aromatic carbocycles. The lowest BCUT2D eigenvalue weighted by Gasteiger charge is -2.41. The van der Waals surface area contributed by atoms with E-state index in [-0.39, 0.29) is 4.90 Å². The van der Waals surface area contributed by atoms with E-state index >= 15 is 0 Å². The van der Waals surface area contributed by atoms with Gasteiger partial charge in [0.15, 0.2) is 0 Å². The molecule has 2 saturated heterocycles. The second-order valence-electron chi connectivity index (χ2n) is 8.43. The number of nitrogens with one attached hydrogen (secondary N) is 1. The van der Waals surface area contributed by atoms with Gasteiger partial charge in [-0.05, 0) is 74.5 Å².